The Hall–Kier alpha value is -8.89. The normalized spacial score (nSPS) is 19.6. The van der Waals surface area contributed by atoms with E-state index in [1.54, 1.807) is 37.8 Å². The molecule has 40 heteroatoms. The van der Waals surface area contributed by atoms with Gasteiger partial charge in [-0.15, -0.1) is 0 Å². The van der Waals surface area contributed by atoms with Crippen LogP contribution in [0.4, 0.5) is 4.79 Å². The summed E-state index contributed by atoms with van der Waals surface area (Å²) in [7, 11) is 2.86. The molecule has 18 rings (SSSR count). The zero-order valence-electron chi connectivity index (χ0n) is 71.1. The number of rotatable bonds is 19. The van der Waals surface area contributed by atoms with Crippen molar-refractivity contribution >= 4 is 149 Å². The first-order chi connectivity index (χ1) is 57.9. The summed E-state index contributed by atoms with van der Waals surface area (Å²) in [6.07, 6.45) is 18.5. The quantitative estimate of drug-likeness (QED) is 0.0431. The molecule has 4 atom stereocenters. The Morgan fingerprint density at radius 1 is 0.496 bits per heavy atom. The molecule has 5 aliphatic heterocycles. The van der Waals surface area contributed by atoms with E-state index >= 15 is 0 Å². The van der Waals surface area contributed by atoms with E-state index in [4.69, 9.17) is 52.6 Å². The third-order valence-corrected chi connectivity index (χ3v) is 24.5. The van der Waals surface area contributed by atoms with Crippen molar-refractivity contribution in [3.63, 3.8) is 0 Å². The second kappa shape index (κ2) is 38.9. The Balaban J connectivity index is 0.000000130. The summed E-state index contributed by atoms with van der Waals surface area (Å²) in [4.78, 5) is 113. The molecule has 648 valence electrons. The van der Waals surface area contributed by atoms with Gasteiger partial charge in [-0.3, -0.25) is 14.4 Å². The number of nitrogens with one attached hydrogen (secondary N) is 1. The highest BCUT2D eigenvalue weighted by Gasteiger charge is 2.52. The van der Waals surface area contributed by atoms with E-state index in [0.717, 1.165) is 178 Å². The lowest BCUT2D eigenvalue weighted by Crippen LogP contribution is -2.41. The fourth-order valence-corrected chi connectivity index (χ4v) is 16.8. The third-order valence-electron chi connectivity index (χ3n) is 22.0. The Kier molecular flexibility index (Phi) is 28.9. The maximum atomic E-state index is 12.3. The molecule has 5 saturated heterocycles. The summed E-state index contributed by atoms with van der Waals surface area (Å²) < 4.78 is 62.8. The lowest BCUT2D eigenvalue weighted by atomic mass is 9.80. The number of hydrogen-bond acceptors (Lipinski definition) is 28. The van der Waals surface area contributed by atoms with Crippen LogP contribution in [0.3, 0.4) is 0 Å². The summed E-state index contributed by atoms with van der Waals surface area (Å²) in [6.45, 7) is 34.7. The number of aliphatic carboxylic acids is 1. The van der Waals surface area contributed by atoms with Gasteiger partial charge < -0.3 is 85.9 Å². The molecule has 0 spiro atoms. The number of fused-ring (bicyclic) bond motifs is 4. The average Bonchev–Trinajstić information content (AvgIpc) is 1.62. The van der Waals surface area contributed by atoms with Gasteiger partial charge in [-0.25, -0.2) is 54.6 Å². The van der Waals surface area contributed by atoms with Crippen molar-refractivity contribution in [3.05, 3.63) is 72.5 Å². The van der Waals surface area contributed by atoms with Gasteiger partial charge in [0, 0.05) is 186 Å². The number of carboxylic acids is 1. The van der Waals surface area contributed by atoms with E-state index in [0.29, 0.717) is 84.6 Å². The number of halogens is 3. The van der Waals surface area contributed by atoms with E-state index in [-0.39, 0.29) is 78.4 Å². The van der Waals surface area contributed by atoms with E-state index < -0.39 is 11.6 Å². The summed E-state index contributed by atoms with van der Waals surface area (Å²) in [5.41, 5.74) is 8.43. The fraction of sp³-hybridized carbons (Fsp3) is 0.580. The summed E-state index contributed by atoms with van der Waals surface area (Å²) in [5.74, 6) is 4.47. The molecule has 3 saturated carbocycles. The van der Waals surface area contributed by atoms with Crippen LogP contribution in [0.5, 0.6) is 35.3 Å². The first-order valence-electron chi connectivity index (χ1n) is 41.2. The highest BCUT2D eigenvalue weighted by atomic mass is 127. The molecule has 121 heavy (non-hydrogen) atoms. The Morgan fingerprint density at radius 2 is 0.876 bits per heavy atom. The second-order valence-corrected chi connectivity index (χ2v) is 35.6. The summed E-state index contributed by atoms with van der Waals surface area (Å²) in [5, 5.41) is 11.3. The largest absolute Gasteiger partial charge is 0.496 e. The van der Waals surface area contributed by atoms with E-state index in [1.807, 2.05) is 105 Å². The molecule has 3 amide bonds. The number of hydrogen-bond donors (Lipinski definition) is 2. The van der Waals surface area contributed by atoms with Gasteiger partial charge in [-0.1, -0.05) is 6.07 Å². The lowest BCUT2D eigenvalue weighted by Gasteiger charge is -2.32. The Morgan fingerprint density at radius 3 is 1.23 bits per heavy atom. The summed E-state index contributed by atoms with van der Waals surface area (Å²) >= 11 is 6.59. The van der Waals surface area contributed by atoms with Crippen LogP contribution in [0.15, 0.2) is 49.8 Å². The van der Waals surface area contributed by atoms with Crippen molar-refractivity contribution in [1.82, 2.24) is 108 Å². The van der Waals surface area contributed by atoms with Crippen LogP contribution in [-0.4, -0.2) is 247 Å². The molecule has 8 fully saturated rings. The molecule has 3 unspecified atom stereocenters. The van der Waals surface area contributed by atoms with E-state index in [9.17, 15) is 19.2 Å². The van der Waals surface area contributed by atoms with Gasteiger partial charge in [-0.2, -0.15) is 19.9 Å². The van der Waals surface area contributed by atoms with E-state index in [1.165, 1.54) is 19.0 Å². The standard InChI is InChI=1S/C22H26N6O3.C16H22IN5O3.C15H18IN5O2.C13H20BNO3.C11H14IN5O.C4H6O2/c1-4-28-18(15-9-13(2)20(30-3)23-10-15)26-17-19(28)24-12-25-21(17)31-16-7-8-27(11-16)22(29)14-5-6-14;1-5-22-12-11(20-14(22)17)13(19-9-18-12)24-10-6-7-21(8-10)15(23)25-16(2,3)4;1-2-21-12-11(19-15(21)16)13(18-8-17-12)23-10-5-6-20(7-10)14(22)9-3-4-9;1-9-7-10(8-15-11(9)16-6)14-17-12(2,3)13(4,5)18-14;1-2-17-9-8(16-11(17)12)10(15-6-14-9)18-7-3-4-13-5-7;5-4(6)3-1-2-3/h9-10,12,14,16H,4-8,11H2,1-3H3;9-10H,5-8H2,1-4H3;8-10H,2-7H2,1H3;7-8H,1-6H3;6-7,13H,2-5H2,1H3;3H,1-2H2,(H,5,6)/t;10-;;;;/m.0..../s1. The van der Waals surface area contributed by atoms with Crippen molar-refractivity contribution < 1.29 is 66.8 Å². The van der Waals surface area contributed by atoms with Crippen LogP contribution < -0.4 is 39.2 Å². The molecule has 10 aromatic heterocycles. The van der Waals surface area contributed by atoms with Crippen LogP contribution in [-0.2, 0) is 54.6 Å². The van der Waals surface area contributed by atoms with Crippen LogP contribution in [0.2, 0.25) is 0 Å². The molecule has 3 aliphatic carbocycles. The number of carboxylic acid groups (broad SMARTS) is 1. The number of methoxy groups -OCH3 is 2. The van der Waals surface area contributed by atoms with Gasteiger partial charge in [0.05, 0.1) is 51.0 Å². The third kappa shape index (κ3) is 21.5. The van der Waals surface area contributed by atoms with Crippen LogP contribution >= 0.6 is 67.8 Å². The SMILES string of the molecule is CCn1c(-c2cnc(OC)c(C)c2)nc2c(OC3CCN(C(=O)C4CC4)C3)ncnc21.CCn1c(I)nc2c(OC3CCN(C(=O)C4CC4)C3)ncnc21.CCn1c(I)nc2c(OC3CCNC3)ncnc21.CCn1c(I)nc2c(O[C@H]3CCN(C(=O)OC(C)(C)C)C3)ncnc21.COc1ncc(B2OC(C)(C)C(C)(C)O2)cc1C.O=C(O)C1CC1. The predicted octanol–water partition coefficient (Wildman–Crippen LogP) is 10.7. The van der Waals surface area contributed by atoms with Gasteiger partial charge in [0.15, 0.2) is 56.1 Å². The van der Waals surface area contributed by atoms with Crippen molar-refractivity contribution in [2.75, 3.05) is 66.6 Å². The highest BCUT2D eigenvalue weighted by molar-refractivity contribution is 14.1. The minimum atomic E-state index is -0.630. The fourth-order valence-electron chi connectivity index (χ4n) is 14.3. The number of nitrogens with zero attached hydrogens (tertiary/aromatic N) is 21. The molecular weight excluding hydrogens is 1900 g/mol. The van der Waals surface area contributed by atoms with Gasteiger partial charge in [-0.05, 0) is 148 Å². The molecule has 2 N–H and O–H groups in total. The number of carbonyl (C=O) groups is 4. The van der Waals surface area contributed by atoms with Crippen LogP contribution in [0, 0.1) is 43.1 Å². The molecule has 0 bridgehead atoms. The van der Waals surface area contributed by atoms with Crippen LogP contribution in [0.25, 0.3) is 56.0 Å². The minimum absolute atomic E-state index is 0.0137. The first-order valence-corrected chi connectivity index (χ1v) is 44.5. The van der Waals surface area contributed by atoms with Gasteiger partial charge in [0.1, 0.15) is 61.2 Å². The molecule has 15 heterocycles. The molecular formula is C81H106BI3N22O14. The lowest BCUT2D eigenvalue weighted by molar-refractivity contribution is -0.138. The Labute approximate surface area is 743 Å². The first kappa shape index (κ1) is 89.9. The van der Waals surface area contributed by atoms with Crippen molar-refractivity contribution in [3.8, 4) is 46.7 Å². The number of ether oxygens (including phenoxy) is 7. The highest BCUT2D eigenvalue weighted by Crippen LogP contribution is 2.39. The van der Waals surface area contributed by atoms with Crippen molar-refractivity contribution in [2.45, 2.75) is 222 Å². The number of amides is 3. The maximum Gasteiger partial charge on any atom is 0.496 e. The number of pyridine rings is 2. The Bertz CT molecular complexity index is 5340. The number of aromatic nitrogens is 18. The minimum Gasteiger partial charge on any atom is -0.481 e. The van der Waals surface area contributed by atoms with Crippen molar-refractivity contribution in [2.24, 2.45) is 17.8 Å². The average molecular weight is 2000 g/mol. The zero-order chi connectivity index (χ0) is 86.4. The number of likely N-dealkylation sites (tertiary alicyclic amines) is 3. The predicted molar refractivity (Wildman–Crippen MR) is 474 cm³/mol. The number of imidazole rings is 4. The van der Waals surface area contributed by atoms with Crippen molar-refractivity contribution in [1.29, 1.82) is 0 Å². The van der Waals surface area contributed by atoms with Gasteiger partial charge in [0.2, 0.25) is 47.1 Å². The van der Waals surface area contributed by atoms with Gasteiger partial charge >= 0.3 is 19.2 Å². The van der Waals surface area contributed by atoms with E-state index in [2.05, 4.69) is 163 Å². The molecule has 0 aromatic carbocycles. The molecule has 8 aliphatic rings. The summed E-state index contributed by atoms with van der Waals surface area (Å²) in [6, 6.07) is 4.00. The maximum absolute atomic E-state index is 12.3. The molecule has 0 radical (unpaired) electrons. The number of carbonyl (C=O) groups excluding carboxylic acids is 3. The molecule has 36 nitrogen and oxygen atoms in total. The van der Waals surface area contributed by atoms with Crippen LogP contribution in [0.1, 0.15) is 151 Å². The number of aryl methyl sites for hydroxylation is 6. The topological polar surface area (TPSA) is 394 Å². The van der Waals surface area contributed by atoms with Gasteiger partial charge in [0.25, 0.3) is 0 Å². The monoisotopic (exact) mass is 2000 g/mol. The second-order valence-electron chi connectivity index (χ2n) is 32.7. The zero-order valence-corrected chi connectivity index (χ0v) is 77.5. The molecule has 10 aromatic rings. The smallest absolute Gasteiger partial charge is 0.481 e.